The molecule has 4 rings (SSSR count). The zero-order valence-electron chi connectivity index (χ0n) is 12.8. The highest BCUT2D eigenvalue weighted by molar-refractivity contribution is 6.07. The SMILES string of the molecule is O[C@@H](Cn1c2ccccc2c2ccccc21)C[n+]1ccccc1. The van der Waals surface area contributed by atoms with Crippen LogP contribution in [0.15, 0.2) is 79.1 Å². The molecule has 2 aromatic heterocycles. The van der Waals surface area contributed by atoms with Gasteiger partial charge >= 0.3 is 0 Å². The third-order valence-electron chi connectivity index (χ3n) is 4.27. The molecule has 0 saturated heterocycles. The Bertz CT molecular complexity index is 890. The Kier molecular flexibility index (Phi) is 3.56. The molecule has 0 radical (unpaired) electrons. The second-order valence-electron chi connectivity index (χ2n) is 5.87. The van der Waals surface area contributed by atoms with E-state index < -0.39 is 6.10 Å². The third-order valence-corrected chi connectivity index (χ3v) is 4.27. The van der Waals surface area contributed by atoms with Crippen molar-refractivity contribution in [2.75, 3.05) is 0 Å². The highest BCUT2D eigenvalue weighted by Crippen LogP contribution is 2.28. The molecule has 4 aromatic rings. The van der Waals surface area contributed by atoms with Gasteiger partial charge in [-0.05, 0) is 12.1 Å². The van der Waals surface area contributed by atoms with Gasteiger partial charge in [0, 0.05) is 33.9 Å². The van der Waals surface area contributed by atoms with E-state index in [0.29, 0.717) is 13.1 Å². The molecule has 3 heteroatoms. The van der Waals surface area contributed by atoms with Gasteiger partial charge in [0.1, 0.15) is 6.10 Å². The van der Waals surface area contributed by atoms with Crippen LogP contribution in [0.25, 0.3) is 21.8 Å². The first-order chi connectivity index (χ1) is 11.3. The van der Waals surface area contributed by atoms with Gasteiger partial charge in [-0.2, -0.15) is 0 Å². The number of rotatable bonds is 4. The highest BCUT2D eigenvalue weighted by atomic mass is 16.3. The first-order valence-corrected chi connectivity index (χ1v) is 7.91. The minimum absolute atomic E-state index is 0.443. The smallest absolute Gasteiger partial charge is 0.175 e. The first-order valence-electron chi connectivity index (χ1n) is 7.91. The molecule has 0 aliphatic carbocycles. The Morgan fingerprint density at radius 1 is 0.783 bits per heavy atom. The Labute approximate surface area is 135 Å². The lowest BCUT2D eigenvalue weighted by atomic mass is 10.2. The number of pyridine rings is 1. The number of aliphatic hydroxyl groups excluding tert-OH is 1. The summed E-state index contributed by atoms with van der Waals surface area (Å²) in [4.78, 5) is 0. The molecule has 114 valence electrons. The van der Waals surface area contributed by atoms with Crippen LogP contribution in [0, 0.1) is 0 Å². The molecular weight excluding hydrogens is 284 g/mol. The molecular formula is C20H19N2O+. The van der Waals surface area contributed by atoms with E-state index in [1.165, 1.54) is 21.8 Å². The fourth-order valence-electron chi connectivity index (χ4n) is 3.27. The largest absolute Gasteiger partial charge is 0.385 e. The van der Waals surface area contributed by atoms with E-state index >= 15 is 0 Å². The minimum atomic E-state index is -0.443. The van der Waals surface area contributed by atoms with Crippen LogP contribution in [0.1, 0.15) is 0 Å². The molecule has 0 fully saturated rings. The summed E-state index contributed by atoms with van der Waals surface area (Å²) in [6, 6.07) is 22.7. The maximum absolute atomic E-state index is 10.6. The number of hydrogen-bond acceptors (Lipinski definition) is 1. The number of aliphatic hydroxyl groups is 1. The molecule has 0 aliphatic rings. The molecule has 2 aromatic carbocycles. The van der Waals surface area contributed by atoms with Crippen molar-refractivity contribution in [3.8, 4) is 0 Å². The predicted molar refractivity (Wildman–Crippen MR) is 92.1 cm³/mol. The van der Waals surface area contributed by atoms with Crippen molar-refractivity contribution in [2.45, 2.75) is 19.2 Å². The van der Waals surface area contributed by atoms with Crippen LogP contribution >= 0.6 is 0 Å². The zero-order valence-corrected chi connectivity index (χ0v) is 12.8. The molecule has 1 atom stereocenters. The lowest BCUT2D eigenvalue weighted by Gasteiger charge is -2.11. The highest BCUT2D eigenvalue weighted by Gasteiger charge is 2.15. The Morgan fingerprint density at radius 3 is 1.96 bits per heavy atom. The minimum Gasteiger partial charge on any atom is -0.385 e. The summed E-state index contributed by atoms with van der Waals surface area (Å²) >= 11 is 0. The number of hydrogen-bond donors (Lipinski definition) is 1. The van der Waals surface area contributed by atoms with Gasteiger partial charge in [0.05, 0.1) is 6.54 Å². The summed E-state index contributed by atoms with van der Waals surface area (Å²) in [7, 11) is 0. The van der Waals surface area contributed by atoms with Crippen LogP contribution in [0.3, 0.4) is 0 Å². The average Bonchev–Trinajstić information content (AvgIpc) is 2.90. The standard InChI is InChI=1S/C20H19N2O/c23-16(14-21-12-6-1-7-13-21)15-22-19-10-4-2-8-17(19)18-9-3-5-11-20(18)22/h1-13,16,23H,14-15H2/q+1/t16-/m1/s1. The third kappa shape index (κ3) is 2.60. The molecule has 0 saturated carbocycles. The predicted octanol–water partition coefficient (Wildman–Crippen LogP) is 3.14. The lowest BCUT2D eigenvalue weighted by Crippen LogP contribution is -2.40. The fraction of sp³-hybridized carbons (Fsp3) is 0.150. The zero-order chi connectivity index (χ0) is 15.6. The molecule has 0 aliphatic heterocycles. The lowest BCUT2D eigenvalue weighted by molar-refractivity contribution is -0.703. The Balaban J connectivity index is 1.72. The van der Waals surface area contributed by atoms with Crippen LogP contribution in [0.5, 0.6) is 0 Å². The van der Waals surface area contributed by atoms with Crippen molar-refractivity contribution < 1.29 is 9.67 Å². The van der Waals surface area contributed by atoms with Crippen molar-refractivity contribution >= 4 is 21.8 Å². The van der Waals surface area contributed by atoms with Crippen LogP contribution in [-0.2, 0) is 13.1 Å². The normalized spacial score (nSPS) is 12.7. The number of nitrogens with zero attached hydrogens (tertiary/aromatic N) is 2. The maximum atomic E-state index is 10.6. The van der Waals surface area contributed by atoms with Crippen molar-refractivity contribution in [1.29, 1.82) is 0 Å². The quantitative estimate of drug-likeness (QED) is 0.577. The second kappa shape index (κ2) is 5.86. The van der Waals surface area contributed by atoms with Crippen molar-refractivity contribution in [2.24, 2.45) is 0 Å². The van der Waals surface area contributed by atoms with E-state index in [1.807, 2.05) is 35.2 Å². The van der Waals surface area contributed by atoms with Gasteiger partial charge in [-0.1, -0.05) is 42.5 Å². The maximum Gasteiger partial charge on any atom is 0.175 e. The average molecular weight is 303 g/mol. The van der Waals surface area contributed by atoms with E-state index in [4.69, 9.17) is 0 Å². The van der Waals surface area contributed by atoms with Gasteiger partial charge in [-0.15, -0.1) is 0 Å². The summed E-state index contributed by atoms with van der Waals surface area (Å²) in [6.45, 7) is 1.16. The van der Waals surface area contributed by atoms with Crippen molar-refractivity contribution in [3.63, 3.8) is 0 Å². The van der Waals surface area contributed by atoms with Crippen LogP contribution in [0.2, 0.25) is 0 Å². The van der Waals surface area contributed by atoms with Crippen LogP contribution < -0.4 is 4.57 Å². The fourth-order valence-corrected chi connectivity index (χ4v) is 3.27. The summed E-state index contributed by atoms with van der Waals surface area (Å²) in [5.41, 5.74) is 2.34. The molecule has 23 heavy (non-hydrogen) atoms. The van der Waals surface area contributed by atoms with Gasteiger partial charge < -0.3 is 9.67 Å². The summed E-state index contributed by atoms with van der Waals surface area (Å²) in [6.07, 6.45) is 3.52. The monoisotopic (exact) mass is 303 g/mol. The van der Waals surface area contributed by atoms with Gasteiger partial charge in [-0.3, -0.25) is 0 Å². The Morgan fingerprint density at radius 2 is 1.35 bits per heavy atom. The molecule has 1 N–H and O–H groups in total. The van der Waals surface area contributed by atoms with E-state index in [9.17, 15) is 5.11 Å². The molecule has 0 bridgehead atoms. The number of benzene rings is 2. The molecule has 3 nitrogen and oxygen atoms in total. The number of fused-ring (bicyclic) bond motifs is 3. The first kappa shape index (κ1) is 14.0. The Hall–Kier alpha value is -2.65. The van der Waals surface area contributed by atoms with E-state index in [2.05, 4.69) is 53.1 Å². The number of aromatic nitrogens is 2. The topological polar surface area (TPSA) is 29.0 Å². The molecule has 2 heterocycles. The van der Waals surface area contributed by atoms with Crippen molar-refractivity contribution in [1.82, 2.24) is 4.57 Å². The van der Waals surface area contributed by atoms with Gasteiger partial charge in [-0.25, -0.2) is 4.57 Å². The van der Waals surface area contributed by atoms with Gasteiger partial charge in [0.2, 0.25) is 0 Å². The van der Waals surface area contributed by atoms with Crippen LogP contribution in [-0.4, -0.2) is 15.8 Å². The number of para-hydroxylation sites is 2. The second-order valence-corrected chi connectivity index (χ2v) is 5.87. The molecule has 0 amide bonds. The van der Waals surface area contributed by atoms with E-state index in [1.54, 1.807) is 0 Å². The van der Waals surface area contributed by atoms with Gasteiger partial charge in [0.25, 0.3) is 0 Å². The van der Waals surface area contributed by atoms with Crippen molar-refractivity contribution in [3.05, 3.63) is 79.1 Å². The van der Waals surface area contributed by atoms with E-state index in [-0.39, 0.29) is 0 Å². The molecule has 0 unspecified atom stereocenters. The van der Waals surface area contributed by atoms with Crippen LogP contribution in [0.4, 0.5) is 0 Å². The summed E-state index contributed by atoms with van der Waals surface area (Å²) in [5, 5.41) is 13.0. The van der Waals surface area contributed by atoms with E-state index in [0.717, 1.165) is 0 Å². The van der Waals surface area contributed by atoms with Gasteiger partial charge in [0.15, 0.2) is 18.9 Å². The summed E-state index contributed by atoms with van der Waals surface area (Å²) < 4.78 is 4.23. The molecule has 0 spiro atoms. The summed E-state index contributed by atoms with van der Waals surface area (Å²) in [5.74, 6) is 0.